The molecule has 0 spiro atoms. The number of nitrogens with zero attached hydrogens (tertiary/aromatic N) is 1. The number of pyridine rings is 1. The number of hydrogen-bond acceptors (Lipinski definition) is 1. The molecule has 72 valence electrons. The van der Waals surface area contributed by atoms with Crippen LogP contribution in [0.3, 0.4) is 0 Å². The molecular weight excluding hydrogens is 179 g/mol. The summed E-state index contributed by atoms with van der Waals surface area (Å²) in [6.45, 7) is 3.69. The van der Waals surface area contributed by atoms with Gasteiger partial charge in [-0.3, -0.25) is 4.98 Å². The van der Waals surface area contributed by atoms with Crippen LogP contribution in [0.5, 0.6) is 0 Å². The second kappa shape index (κ2) is 3.36. The molecule has 0 aliphatic heterocycles. The van der Waals surface area contributed by atoms with E-state index in [1.807, 2.05) is 13.8 Å². The Kier molecular flexibility index (Phi) is 2.59. The normalized spacial score (nSPS) is 12.2. The van der Waals surface area contributed by atoms with Crippen molar-refractivity contribution in [2.24, 2.45) is 0 Å². The van der Waals surface area contributed by atoms with E-state index in [2.05, 4.69) is 4.98 Å². The van der Waals surface area contributed by atoms with Crippen molar-refractivity contribution in [3.63, 3.8) is 0 Å². The zero-order valence-electron chi connectivity index (χ0n) is 7.39. The third-order valence-corrected chi connectivity index (χ3v) is 1.74. The first-order valence-electron chi connectivity index (χ1n) is 3.94. The summed E-state index contributed by atoms with van der Waals surface area (Å²) in [4.78, 5) is 3.27. The van der Waals surface area contributed by atoms with E-state index >= 15 is 0 Å². The molecule has 13 heavy (non-hydrogen) atoms. The van der Waals surface area contributed by atoms with Crippen molar-refractivity contribution in [2.75, 3.05) is 0 Å². The number of aromatic nitrogens is 1. The Morgan fingerprint density at radius 3 is 2.38 bits per heavy atom. The number of alkyl halides is 3. The predicted molar refractivity (Wildman–Crippen MR) is 43.3 cm³/mol. The number of rotatable bonds is 1. The minimum absolute atomic E-state index is 0.0871. The van der Waals surface area contributed by atoms with E-state index < -0.39 is 11.9 Å². The van der Waals surface area contributed by atoms with E-state index in [0.29, 0.717) is 5.56 Å². The van der Waals surface area contributed by atoms with Gasteiger partial charge >= 0.3 is 6.18 Å². The minimum Gasteiger partial charge on any atom is -0.252 e. The van der Waals surface area contributed by atoms with Crippen LogP contribution in [0.15, 0.2) is 18.3 Å². The van der Waals surface area contributed by atoms with Crippen LogP contribution in [0, 0.1) is 0 Å². The molecule has 0 atom stereocenters. The Labute approximate surface area is 74.6 Å². The Hall–Kier alpha value is -1.06. The van der Waals surface area contributed by atoms with Crippen molar-refractivity contribution >= 4 is 0 Å². The monoisotopic (exact) mass is 189 g/mol. The third kappa shape index (κ3) is 2.44. The van der Waals surface area contributed by atoms with Crippen LogP contribution in [-0.2, 0) is 6.18 Å². The van der Waals surface area contributed by atoms with Gasteiger partial charge in [-0.2, -0.15) is 13.2 Å². The third-order valence-electron chi connectivity index (χ3n) is 1.74. The standard InChI is InChI=1S/C9H10F3N/c1-6(2)7-3-4-13-8(5-7)9(10,11)12/h3-6H,1-2H3. The van der Waals surface area contributed by atoms with Crippen molar-refractivity contribution in [1.29, 1.82) is 0 Å². The van der Waals surface area contributed by atoms with Crippen LogP contribution in [0.25, 0.3) is 0 Å². The Morgan fingerprint density at radius 2 is 1.92 bits per heavy atom. The summed E-state index contributed by atoms with van der Waals surface area (Å²) in [5.41, 5.74) is -0.166. The van der Waals surface area contributed by atoms with Crippen LogP contribution in [0.2, 0.25) is 0 Å². The molecule has 0 bridgehead atoms. The lowest BCUT2D eigenvalue weighted by Crippen LogP contribution is -2.08. The summed E-state index contributed by atoms with van der Waals surface area (Å²) in [5, 5.41) is 0. The fourth-order valence-corrected chi connectivity index (χ4v) is 0.961. The molecule has 0 radical (unpaired) electrons. The van der Waals surface area contributed by atoms with Gasteiger partial charge in [-0.15, -0.1) is 0 Å². The van der Waals surface area contributed by atoms with Crippen molar-refractivity contribution in [3.8, 4) is 0 Å². The van der Waals surface area contributed by atoms with Crippen molar-refractivity contribution in [1.82, 2.24) is 4.98 Å². The molecule has 1 aromatic heterocycles. The molecule has 1 heterocycles. The van der Waals surface area contributed by atoms with E-state index in [4.69, 9.17) is 0 Å². The molecule has 0 amide bonds. The zero-order valence-corrected chi connectivity index (χ0v) is 7.39. The van der Waals surface area contributed by atoms with Crippen molar-refractivity contribution in [2.45, 2.75) is 25.9 Å². The largest absolute Gasteiger partial charge is 0.433 e. The molecule has 1 nitrogen and oxygen atoms in total. The highest BCUT2D eigenvalue weighted by Crippen LogP contribution is 2.29. The summed E-state index contributed by atoms with van der Waals surface area (Å²) in [7, 11) is 0. The maximum absolute atomic E-state index is 12.2. The highest BCUT2D eigenvalue weighted by atomic mass is 19.4. The molecule has 0 aliphatic carbocycles. The van der Waals surface area contributed by atoms with Gasteiger partial charge in [-0.1, -0.05) is 13.8 Å². The fourth-order valence-electron chi connectivity index (χ4n) is 0.961. The summed E-state index contributed by atoms with van der Waals surface area (Å²) < 4.78 is 36.5. The average molecular weight is 189 g/mol. The first-order valence-corrected chi connectivity index (χ1v) is 3.94. The lowest BCUT2D eigenvalue weighted by molar-refractivity contribution is -0.141. The lowest BCUT2D eigenvalue weighted by atomic mass is 10.0. The Balaban J connectivity index is 3.06. The predicted octanol–water partition coefficient (Wildman–Crippen LogP) is 3.22. The van der Waals surface area contributed by atoms with Gasteiger partial charge < -0.3 is 0 Å². The average Bonchev–Trinajstić information content (AvgIpc) is 2.03. The quantitative estimate of drug-likeness (QED) is 0.660. The summed E-state index contributed by atoms with van der Waals surface area (Å²) in [5.74, 6) is 0.0871. The molecule has 0 aromatic carbocycles. The first-order chi connectivity index (χ1) is 5.91. The maximum atomic E-state index is 12.2. The maximum Gasteiger partial charge on any atom is 0.433 e. The minimum atomic E-state index is -4.34. The van der Waals surface area contributed by atoms with Gasteiger partial charge in [0.1, 0.15) is 5.69 Å². The van der Waals surface area contributed by atoms with Gasteiger partial charge in [0.15, 0.2) is 0 Å². The van der Waals surface area contributed by atoms with Crippen LogP contribution in [-0.4, -0.2) is 4.98 Å². The van der Waals surface area contributed by atoms with E-state index in [-0.39, 0.29) is 5.92 Å². The highest BCUT2D eigenvalue weighted by Gasteiger charge is 2.32. The molecule has 0 saturated heterocycles. The van der Waals surface area contributed by atoms with Gasteiger partial charge in [0.2, 0.25) is 0 Å². The van der Waals surface area contributed by atoms with E-state index in [9.17, 15) is 13.2 Å². The smallest absolute Gasteiger partial charge is 0.252 e. The molecule has 0 fully saturated rings. The summed E-state index contributed by atoms with van der Waals surface area (Å²) in [6, 6.07) is 2.69. The van der Waals surface area contributed by atoms with Gasteiger partial charge in [0.05, 0.1) is 0 Å². The number of hydrogen-bond donors (Lipinski definition) is 0. The topological polar surface area (TPSA) is 12.9 Å². The Bertz CT molecular complexity index is 291. The van der Waals surface area contributed by atoms with Crippen LogP contribution in [0.4, 0.5) is 13.2 Å². The Morgan fingerprint density at radius 1 is 1.31 bits per heavy atom. The molecule has 0 aliphatic rings. The molecule has 0 N–H and O–H groups in total. The van der Waals surface area contributed by atoms with Crippen molar-refractivity contribution < 1.29 is 13.2 Å². The SMILES string of the molecule is CC(C)c1ccnc(C(F)(F)F)c1. The van der Waals surface area contributed by atoms with E-state index in [1.165, 1.54) is 6.20 Å². The molecular formula is C9H10F3N. The molecule has 1 rings (SSSR count). The zero-order chi connectivity index (χ0) is 10.1. The molecule has 4 heteroatoms. The second-order valence-electron chi connectivity index (χ2n) is 3.13. The molecule has 0 unspecified atom stereocenters. The van der Waals surface area contributed by atoms with Gasteiger partial charge in [-0.25, -0.2) is 0 Å². The molecule has 1 aromatic rings. The van der Waals surface area contributed by atoms with Gasteiger partial charge in [-0.05, 0) is 23.6 Å². The highest BCUT2D eigenvalue weighted by molar-refractivity contribution is 5.20. The van der Waals surface area contributed by atoms with Crippen LogP contribution in [0.1, 0.15) is 31.0 Å². The van der Waals surface area contributed by atoms with E-state index in [0.717, 1.165) is 6.07 Å². The van der Waals surface area contributed by atoms with Gasteiger partial charge in [0.25, 0.3) is 0 Å². The van der Waals surface area contributed by atoms with Crippen molar-refractivity contribution in [3.05, 3.63) is 29.6 Å². The second-order valence-corrected chi connectivity index (χ2v) is 3.13. The number of halogens is 3. The summed E-state index contributed by atoms with van der Waals surface area (Å²) >= 11 is 0. The van der Waals surface area contributed by atoms with Gasteiger partial charge in [0, 0.05) is 6.20 Å². The molecule has 0 saturated carbocycles. The van der Waals surface area contributed by atoms with Crippen LogP contribution < -0.4 is 0 Å². The lowest BCUT2D eigenvalue weighted by Gasteiger charge is -2.09. The van der Waals surface area contributed by atoms with Crippen LogP contribution >= 0.6 is 0 Å². The summed E-state index contributed by atoms with van der Waals surface area (Å²) in [6.07, 6.45) is -3.15. The first kappa shape index (κ1) is 10.0. The fraction of sp³-hybridized carbons (Fsp3) is 0.444. The van der Waals surface area contributed by atoms with E-state index in [1.54, 1.807) is 6.07 Å².